The Hall–Kier alpha value is 0.920. The van der Waals surface area contributed by atoms with E-state index in [1.165, 1.54) is 0 Å². The van der Waals surface area contributed by atoms with E-state index in [0.29, 0.717) is 6.42 Å². The van der Waals surface area contributed by atoms with Crippen LogP contribution in [-0.4, -0.2) is 17.8 Å². The molecule has 7 heavy (non-hydrogen) atoms. The molecule has 0 radical (unpaired) electrons. The van der Waals surface area contributed by atoms with Crippen LogP contribution in [0, 0.1) is 0 Å². The SMILES string of the molecule is CCC(O)C[O-].[Na+]. The van der Waals surface area contributed by atoms with E-state index in [9.17, 15) is 5.11 Å². The molecular formula is C4H9NaO2. The van der Waals surface area contributed by atoms with Crippen LogP contribution >= 0.6 is 0 Å². The predicted molar refractivity (Wildman–Crippen MR) is 21.2 cm³/mol. The van der Waals surface area contributed by atoms with Gasteiger partial charge in [-0.1, -0.05) is 6.92 Å². The molecule has 0 amide bonds. The Labute approximate surface area is 65.8 Å². The Morgan fingerprint density at radius 1 is 1.71 bits per heavy atom. The molecule has 0 aliphatic carbocycles. The van der Waals surface area contributed by atoms with E-state index in [2.05, 4.69) is 0 Å². The second kappa shape index (κ2) is 6.92. The van der Waals surface area contributed by atoms with Crippen LogP contribution in [0.2, 0.25) is 0 Å². The molecule has 0 aromatic heterocycles. The van der Waals surface area contributed by atoms with Crippen molar-refractivity contribution in [1.29, 1.82) is 0 Å². The summed E-state index contributed by atoms with van der Waals surface area (Å²) >= 11 is 0. The van der Waals surface area contributed by atoms with Gasteiger partial charge in [-0.25, -0.2) is 0 Å². The van der Waals surface area contributed by atoms with Crippen LogP contribution in [0.15, 0.2) is 0 Å². The molecule has 0 rings (SSSR count). The summed E-state index contributed by atoms with van der Waals surface area (Å²) in [6.45, 7) is 1.42. The average Bonchev–Trinajstić information content (AvgIpc) is 1.65. The van der Waals surface area contributed by atoms with E-state index >= 15 is 0 Å². The molecule has 2 nitrogen and oxygen atoms in total. The van der Waals surface area contributed by atoms with E-state index in [1.54, 1.807) is 6.92 Å². The monoisotopic (exact) mass is 112 g/mol. The summed E-state index contributed by atoms with van der Waals surface area (Å²) in [5.74, 6) is 0. The minimum absolute atomic E-state index is 0. The van der Waals surface area contributed by atoms with Crippen LogP contribution < -0.4 is 34.7 Å². The Balaban J connectivity index is 0. The fourth-order valence-electron chi connectivity index (χ4n) is 0.118. The van der Waals surface area contributed by atoms with Crippen molar-refractivity contribution in [2.75, 3.05) is 6.61 Å². The number of aliphatic hydroxyl groups excluding tert-OH is 1. The van der Waals surface area contributed by atoms with Gasteiger partial charge in [0.05, 0.1) is 0 Å². The minimum Gasteiger partial charge on any atom is -0.853 e. The molecule has 0 saturated heterocycles. The van der Waals surface area contributed by atoms with Gasteiger partial charge >= 0.3 is 29.6 Å². The van der Waals surface area contributed by atoms with Gasteiger partial charge in [0.1, 0.15) is 0 Å². The maximum Gasteiger partial charge on any atom is 1.00 e. The van der Waals surface area contributed by atoms with E-state index in [0.717, 1.165) is 0 Å². The maximum atomic E-state index is 9.61. The topological polar surface area (TPSA) is 43.3 Å². The van der Waals surface area contributed by atoms with Crippen molar-refractivity contribution in [3.05, 3.63) is 0 Å². The summed E-state index contributed by atoms with van der Waals surface area (Å²) in [6, 6.07) is 0. The Kier molecular flexibility index (Phi) is 10.7. The van der Waals surface area contributed by atoms with Gasteiger partial charge in [0, 0.05) is 6.10 Å². The first-order chi connectivity index (χ1) is 2.81. The number of aliphatic hydroxyl groups is 1. The van der Waals surface area contributed by atoms with Crippen LogP contribution in [0.4, 0.5) is 0 Å². The summed E-state index contributed by atoms with van der Waals surface area (Å²) in [6.07, 6.45) is -0.0475. The average molecular weight is 112 g/mol. The van der Waals surface area contributed by atoms with Crippen molar-refractivity contribution in [1.82, 2.24) is 0 Å². The van der Waals surface area contributed by atoms with Crippen molar-refractivity contribution < 1.29 is 39.8 Å². The quantitative estimate of drug-likeness (QED) is 0.371. The first kappa shape index (κ1) is 10.8. The molecule has 0 spiro atoms. The second-order valence-corrected chi connectivity index (χ2v) is 1.23. The molecule has 3 heteroatoms. The minimum atomic E-state index is -0.620. The van der Waals surface area contributed by atoms with Gasteiger partial charge in [-0.05, 0) is 6.42 Å². The Morgan fingerprint density at radius 2 is 2.14 bits per heavy atom. The summed E-state index contributed by atoms with van der Waals surface area (Å²) in [7, 11) is 0. The van der Waals surface area contributed by atoms with Crippen molar-refractivity contribution in [2.24, 2.45) is 0 Å². The number of rotatable bonds is 2. The van der Waals surface area contributed by atoms with Gasteiger partial charge in [0.15, 0.2) is 0 Å². The molecule has 0 heterocycles. The van der Waals surface area contributed by atoms with Gasteiger partial charge < -0.3 is 10.2 Å². The summed E-state index contributed by atoms with van der Waals surface area (Å²) in [5, 5.41) is 18.0. The zero-order valence-electron chi connectivity index (χ0n) is 4.85. The standard InChI is InChI=1S/C4H9O2.Na/c1-2-4(6)3-5;/h4,6H,2-3H2,1H3;/q-1;+1. The largest absolute Gasteiger partial charge is 1.00 e. The van der Waals surface area contributed by atoms with Crippen LogP contribution in [0.3, 0.4) is 0 Å². The van der Waals surface area contributed by atoms with Crippen molar-refractivity contribution in [3.8, 4) is 0 Å². The van der Waals surface area contributed by atoms with Crippen LogP contribution in [-0.2, 0) is 0 Å². The number of hydrogen-bond donors (Lipinski definition) is 1. The molecule has 0 aromatic rings. The molecule has 0 saturated carbocycles. The first-order valence-corrected chi connectivity index (χ1v) is 2.07. The molecule has 1 unspecified atom stereocenters. The third-order valence-electron chi connectivity index (χ3n) is 0.664. The molecule has 0 aromatic carbocycles. The molecule has 1 N–H and O–H groups in total. The van der Waals surface area contributed by atoms with E-state index < -0.39 is 6.10 Å². The Bertz CT molecular complexity index is 28.9. The fraction of sp³-hybridized carbons (Fsp3) is 1.00. The molecule has 0 aliphatic rings. The van der Waals surface area contributed by atoms with E-state index in [-0.39, 0.29) is 36.2 Å². The maximum absolute atomic E-state index is 9.61. The first-order valence-electron chi connectivity index (χ1n) is 2.07. The fourth-order valence-corrected chi connectivity index (χ4v) is 0.118. The zero-order chi connectivity index (χ0) is 4.99. The predicted octanol–water partition coefficient (Wildman–Crippen LogP) is -3.88. The normalized spacial score (nSPS) is 12.4. The molecule has 0 aliphatic heterocycles. The Morgan fingerprint density at radius 3 is 2.14 bits per heavy atom. The number of hydrogen-bond acceptors (Lipinski definition) is 2. The van der Waals surface area contributed by atoms with Crippen LogP contribution in [0.5, 0.6) is 0 Å². The molecular weight excluding hydrogens is 103 g/mol. The third kappa shape index (κ3) is 6.92. The van der Waals surface area contributed by atoms with Gasteiger partial charge in [0.2, 0.25) is 0 Å². The zero-order valence-corrected chi connectivity index (χ0v) is 6.85. The smallest absolute Gasteiger partial charge is 0.853 e. The molecule has 1 atom stereocenters. The van der Waals surface area contributed by atoms with Crippen LogP contribution in [0.1, 0.15) is 13.3 Å². The van der Waals surface area contributed by atoms with Crippen molar-refractivity contribution >= 4 is 0 Å². The summed E-state index contributed by atoms with van der Waals surface area (Å²) in [5.41, 5.74) is 0. The third-order valence-corrected chi connectivity index (χ3v) is 0.664. The van der Waals surface area contributed by atoms with Crippen molar-refractivity contribution in [3.63, 3.8) is 0 Å². The molecule has 38 valence electrons. The summed E-state index contributed by atoms with van der Waals surface area (Å²) in [4.78, 5) is 0. The van der Waals surface area contributed by atoms with Gasteiger partial charge in [-0.15, -0.1) is 6.61 Å². The van der Waals surface area contributed by atoms with Crippen molar-refractivity contribution in [2.45, 2.75) is 19.4 Å². The second-order valence-electron chi connectivity index (χ2n) is 1.23. The van der Waals surface area contributed by atoms with E-state index in [1.807, 2.05) is 0 Å². The van der Waals surface area contributed by atoms with Gasteiger partial charge in [-0.2, -0.15) is 0 Å². The van der Waals surface area contributed by atoms with Gasteiger partial charge in [0.25, 0.3) is 0 Å². The van der Waals surface area contributed by atoms with Crippen LogP contribution in [0.25, 0.3) is 0 Å². The van der Waals surface area contributed by atoms with E-state index in [4.69, 9.17) is 5.11 Å². The summed E-state index contributed by atoms with van der Waals surface area (Å²) < 4.78 is 0. The van der Waals surface area contributed by atoms with Gasteiger partial charge in [-0.3, -0.25) is 0 Å². The molecule has 0 fully saturated rings. The molecule has 0 bridgehead atoms.